The Hall–Kier alpha value is -0.400. The fourth-order valence-electron chi connectivity index (χ4n) is 1.31. The third-order valence-corrected chi connectivity index (χ3v) is 5.07. The highest BCUT2D eigenvalue weighted by Crippen LogP contribution is 2.43. The summed E-state index contributed by atoms with van der Waals surface area (Å²) >= 11 is 3.29. The van der Waals surface area contributed by atoms with E-state index in [1.165, 1.54) is 14.1 Å². The molecule has 0 amide bonds. The summed E-state index contributed by atoms with van der Waals surface area (Å²) in [4.78, 5) is 0. The molecule has 15 heavy (non-hydrogen) atoms. The molecule has 1 aliphatic rings. The zero-order valence-electron chi connectivity index (χ0n) is 8.51. The molecule has 1 fully saturated rings. The highest BCUT2D eigenvalue weighted by atomic mass is 79.9. The standard InChI is InChI=1S/C8H12BrN3O2S/c1-11(2)15(13,14)12-8(9)7(5-10-12)6-3-4-6/h5-6H,3-4H2,1-2H3. The van der Waals surface area contributed by atoms with Crippen LogP contribution >= 0.6 is 15.9 Å². The van der Waals surface area contributed by atoms with Gasteiger partial charge in [-0.15, -0.1) is 4.09 Å². The van der Waals surface area contributed by atoms with E-state index in [0.717, 1.165) is 26.8 Å². The van der Waals surface area contributed by atoms with Crippen LogP contribution in [0.4, 0.5) is 0 Å². The van der Waals surface area contributed by atoms with E-state index in [1.807, 2.05) is 0 Å². The molecule has 1 aliphatic carbocycles. The summed E-state index contributed by atoms with van der Waals surface area (Å²) in [6, 6.07) is 0. The van der Waals surface area contributed by atoms with Crippen molar-refractivity contribution in [2.24, 2.45) is 0 Å². The van der Waals surface area contributed by atoms with E-state index < -0.39 is 10.2 Å². The maximum atomic E-state index is 11.8. The van der Waals surface area contributed by atoms with Gasteiger partial charge in [0, 0.05) is 19.7 Å². The average molecular weight is 294 g/mol. The molecule has 0 N–H and O–H groups in total. The second-order valence-corrected chi connectivity index (χ2v) is 6.52. The van der Waals surface area contributed by atoms with Crippen molar-refractivity contribution in [3.8, 4) is 0 Å². The molecule has 0 aliphatic heterocycles. The molecule has 0 unspecified atom stereocenters. The summed E-state index contributed by atoms with van der Waals surface area (Å²) in [5, 5.41) is 3.91. The van der Waals surface area contributed by atoms with E-state index >= 15 is 0 Å². The van der Waals surface area contributed by atoms with Gasteiger partial charge in [0.15, 0.2) is 0 Å². The second-order valence-electron chi connectivity index (χ2n) is 3.80. The van der Waals surface area contributed by atoms with Gasteiger partial charge >= 0.3 is 10.2 Å². The van der Waals surface area contributed by atoms with Crippen molar-refractivity contribution in [3.05, 3.63) is 16.4 Å². The molecule has 1 aromatic heterocycles. The molecule has 0 aromatic carbocycles. The maximum absolute atomic E-state index is 11.8. The van der Waals surface area contributed by atoms with Crippen LogP contribution in [-0.2, 0) is 10.2 Å². The molecule has 0 spiro atoms. The van der Waals surface area contributed by atoms with Crippen LogP contribution in [0, 0.1) is 0 Å². The number of hydrogen-bond donors (Lipinski definition) is 0. The fourth-order valence-corrected chi connectivity index (χ4v) is 3.16. The van der Waals surface area contributed by atoms with Gasteiger partial charge in [0.2, 0.25) is 0 Å². The van der Waals surface area contributed by atoms with E-state index in [0.29, 0.717) is 10.5 Å². The zero-order chi connectivity index (χ0) is 11.2. The summed E-state index contributed by atoms with van der Waals surface area (Å²) in [6.45, 7) is 0. The summed E-state index contributed by atoms with van der Waals surface area (Å²) in [7, 11) is -0.528. The summed E-state index contributed by atoms with van der Waals surface area (Å²) in [5.41, 5.74) is 0.987. The molecule has 0 radical (unpaired) electrons. The van der Waals surface area contributed by atoms with Crippen LogP contribution in [-0.4, -0.2) is 36.0 Å². The largest absolute Gasteiger partial charge is 0.323 e. The van der Waals surface area contributed by atoms with Gasteiger partial charge in [-0.05, 0) is 34.7 Å². The quantitative estimate of drug-likeness (QED) is 0.841. The van der Waals surface area contributed by atoms with Gasteiger partial charge in [-0.25, -0.2) is 0 Å². The van der Waals surface area contributed by atoms with Crippen LogP contribution in [0.25, 0.3) is 0 Å². The van der Waals surface area contributed by atoms with E-state index in [9.17, 15) is 8.42 Å². The normalized spacial score (nSPS) is 17.3. The molecule has 84 valence electrons. The summed E-state index contributed by atoms with van der Waals surface area (Å²) in [6.07, 6.45) is 3.86. The van der Waals surface area contributed by atoms with Gasteiger partial charge in [-0.1, -0.05) is 0 Å². The van der Waals surface area contributed by atoms with E-state index in [-0.39, 0.29) is 0 Å². The average Bonchev–Trinajstić information content (AvgIpc) is 2.90. The first kappa shape index (κ1) is 11.1. The molecule has 0 atom stereocenters. The molecule has 1 saturated carbocycles. The van der Waals surface area contributed by atoms with Crippen molar-refractivity contribution in [1.82, 2.24) is 13.5 Å². The van der Waals surface area contributed by atoms with Crippen LogP contribution in [0.1, 0.15) is 24.3 Å². The fraction of sp³-hybridized carbons (Fsp3) is 0.625. The Morgan fingerprint density at radius 1 is 1.53 bits per heavy atom. The molecular formula is C8H12BrN3O2S. The number of aromatic nitrogens is 2. The molecule has 1 heterocycles. The Morgan fingerprint density at radius 2 is 2.13 bits per heavy atom. The molecule has 1 aromatic rings. The molecule has 0 bridgehead atoms. The van der Waals surface area contributed by atoms with Gasteiger partial charge in [0.05, 0.1) is 6.20 Å². The Kier molecular flexibility index (Phi) is 2.64. The van der Waals surface area contributed by atoms with Crippen molar-refractivity contribution in [3.63, 3.8) is 0 Å². The number of halogens is 1. The monoisotopic (exact) mass is 293 g/mol. The highest BCUT2D eigenvalue weighted by molar-refractivity contribution is 9.10. The lowest BCUT2D eigenvalue weighted by atomic mass is 10.2. The van der Waals surface area contributed by atoms with Crippen LogP contribution in [0.2, 0.25) is 0 Å². The van der Waals surface area contributed by atoms with Gasteiger partial charge in [0.1, 0.15) is 4.60 Å². The van der Waals surface area contributed by atoms with E-state index in [4.69, 9.17) is 0 Å². The maximum Gasteiger partial charge on any atom is 0.323 e. The van der Waals surface area contributed by atoms with Crippen LogP contribution < -0.4 is 0 Å². The van der Waals surface area contributed by atoms with Crippen molar-refractivity contribution in [2.75, 3.05) is 14.1 Å². The lowest BCUT2D eigenvalue weighted by Gasteiger charge is -2.11. The Balaban J connectivity index is 2.45. The first-order valence-electron chi connectivity index (χ1n) is 4.61. The Labute approximate surface area is 97.4 Å². The van der Waals surface area contributed by atoms with Crippen LogP contribution in [0.3, 0.4) is 0 Å². The predicted octanol–water partition coefficient (Wildman–Crippen LogP) is 1.18. The number of hydrogen-bond acceptors (Lipinski definition) is 3. The van der Waals surface area contributed by atoms with Gasteiger partial charge in [-0.2, -0.15) is 17.8 Å². The zero-order valence-corrected chi connectivity index (χ0v) is 10.9. The van der Waals surface area contributed by atoms with Gasteiger partial charge in [-0.3, -0.25) is 0 Å². The summed E-state index contributed by atoms with van der Waals surface area (Å²) in [5.74, 6) is 0.477. The van der Waals surface area contributed by atoms with Gasteiger partial charge < -0.3 is 0 Å². The first-order valence-corrected chi connectivity index (χ1v) is 6.80. The SMILES string of the molecule is CN(C)S(=O)(=O)n1ncc(C2CC2)c1Br. The Bertz CT molecular complexity index is 476. The first-order chi connectivity index (χ1) is 6.94. The van der Waals surface area contributed by atoms with Crippen molar-refractivity contribution in [2.45, 2.75) is 18.8 Å². The smallest absolute Gasteiger partial charge is 0.189 e. The van der Waals surface area contributed by atoms with Crippen molar-refractivity contribution in [1.29, 1.82) is 0 Å². The third kappa shape index (κ3) is 1.83. The Morgan fingerprint density at radius 3 is 2.60 bits per heavy atom. The minimum atomic E-state index is -3.50. The van der Waals surface area contributed by atoms with E-state index in [1.54, 1.807) is 6.20 Å². The minimum absolute atomic E-state index is 0.477. The predicted molar refractivity (Wildman–Crippen MR) is 59.9 cm³/mol. The molecule has 0 saturated heterocycles. The number of rotatable bonds is 3. The van der Waals surface area contributed by atoms with Gasteiger partial charge in [0.25, 0.3) is 0 Å². The van der Waals surface area contributed by atoms with Crippen LogP contribution in [0.5, 0.6) is 0 Å². The number of nitrogens with zero attached hydrogens (tertiary/aromatic N) is 3. The van der Waals surface area contributed by atoms with Crippen molar-refractivity contribution < 1.29 is 8.42 Å². The van der Waals surface area contributed by atoms with Crippen LogP contribution in [0.15, 0.2) is 10.8 Å². The molecule has 5 nitrogen and oxygen atoms in total. The summed E-state index contributed by atoms with van der Waals surface area (Å²) < 4.78 is 26.3. The molecule has 7 heteroatoms. The highest BCUT2D eigenvalue weighted by Gasteiger charge is 2.31. The minimum Gasteiger partial charge on any atom is -0.189 e. The topological polar surface area (TPSA) is 55.2 Å². The molecule has 2 rings (SSSR count). The van der Waals surface area contributed by atoms with Crippen molar-refractivity contribution >= 4 is 26.1 Å². The lowest BCUT2D eigenvalue weighted by Crippen LogP contribution is -2.29. The lowest BCUT2D eigenvalue weighted by molar-refractivity contribution is 0.502. The second kappa shape index (κ2) is 3.57. The third-order valence-electron chi connectivity index (χ3n) is 2.41. The molecular weight excluding hydrogens is 282 g/mol. The van der Waals surface area contributed by atoms with E-state index in [2.05, 4.69) is 21.0 Å².